The fourth-order valence-electron chi connectivity index (χ4n) is 3.32. The Morgan fingerprint density at radius 1 is 1.07 bits per heavy atom. The number of sulfonamides is 1. The smallest absolute Gasteiger partial charge is 0.264 e. The first-order valence-electron chi connectivity index (χ1n) is 9.13. The first-order valence-corrected chi connectivity index (χ1v) is 10.6. The third-order valence-electron chi connectivity index (χ3n) is 4.74. The van der Waals surface area contributed by atoms with Crippen molar-refractivity contribution in [2.45, 2.75) is 23.8 Å². The fourth-order valence-corrected chi connectivity index (χ4v) is 4.85. The van der Waals surface area contributed by atoms with Crippen LogP contribution in [-0.2, 0) is 10.0 Å². The first-order chi connectivity index (χ1) is 13.0. The average molecular weight is 391 g/mol. The van der Waals surface area contributed by atoms with Gasteiger partial charge in [-0.25, -0.2) is 8.42 Å². The summed E-state index contributed by atoms with van der Waals surface area (Å²) in [5.41, 5.74) is 0.500. The molecule has 1 aliphatic rings. The molecule has 1 fully saturated rings. The molecule has 0 bridgehead atoms. The van der Waals surface area contributed by atoms with Crippen molar-refractivity contribution in [3.05, 3.63) is 54.6 Å². The summed E-state index contributed by atoms with van der Waals surface area (Å²) in [5.74, 6) is 0.647. The molecule has 0 aromatic heterocycles. The van der Waals surface area contributed by atoms with Gasteiger partial charge in [0.05, 0.1) is 30.3 Å². The van der Waals surface area contributed by atoms with Gasteiger partial charge in [0.1, 0.15) is 5.75 Å². The third kappa shape index (κ3) is 4.80. The van der Waals surface area contributed by atoms with Crippen molar-refractivity contribution in [3.63, 3.8) is 0 Å². The number of methoxy groups -OCH3 is 1. The summed E-state index contributed by atoms with van der Waals surface area (Å²) in [7, 11) is -2.23. The Balaban J connectivity index is 1.87. The molecule has 0 saturated carbocycles. The molecule has 0 aliphatic carbocycles. The Kier molecular flexibility index (Phi) is 6.36. The molecule has 2 aromatic rings. The number of β-amino-alcohol motifs (C(OH)–C–C–N with tert-alkyl or cyclic N) is 1. The molecule has 1 aliphatic heterocycles. The number of aliphatic hydroxyl groups is 1. The van der Waals surface area contributed by atoms with Crippen molar-refractivity contribution in [1.82, 2.24) is 4.90 Å². The lowest BCUT2D eigenvalue weighted by Gasteiger charge is -2.28. The van der Waals surface area contributed by atoms with Crippen LogP contribution in [0.3, 0.4) is 0 Å². The highest BCUT2D eigenvalue weighted by Crippen LogP contribution is 2.26. The van der Waals surface area contributed by atoms with E-state index in [4.69, 9.17) is 4.74 Å². The largest absolute Gasteiger partial charge is 0.497 e. The Morgan fingerprint density at radius 3 is 2.30 bits per heavy atom. The molecule has 0 unspecified atom stereocenters. The van der Waals surface area contributed by atoms with Crippen LogP contribution < -0.4 is 9.04 Å². The van der Waals surface area contributed by atoms with E-state index in [1.165, 1.54) is 4.31 Å². The van der Waals surface area contributed by atoms with Crippen molar-refractivity contribution < 1.29 is 18.3 Å². The van der Waals surface area contributed by atoms with Crippen molar-refractivity contribution >= 4 is 15.7 Å². The number of hydrogen-bond acceptors (Lipinski definition) is 5. The second kappa shape index (κ2) is 8.73. The molecule has 1 saturated heterocycles. The van der Waals surface area contributed by atoms with Gasteiger partial charge in [0.25, 0.3) is 10.0 Å². The summed E-state index contributed by atoms with van der Waals surface area (Å²) >= 11 is 0. The van der Waals surface area contributed by atoms with Crippen LogP contribution in [0.4, 0.5) is 5.69 Å². The van der Waals surface area contributed by atoms with Crippen LogP contribution in [0.15, 0.2) is 59.5 Å². The fraction of sp³-hybridized carbons (Fsp3) is 0.400. The Labute approximate surface area is 161 Å². The van der Waals surface area contributed by atoms with Gasteiger partial charge in [-0.15, -0.1) is 0 Å². The lowest BCUT2D eigenvalue weighted by atomic mass is 10.2. The Morgan fingerprint density at radius 2 is 1.70 bits per heavy atom. The van der Waals surface area contributed by atoms with Crippen molar-refractivity contribution in [1.29, 1.82) is 0 Å². The van der Waals surface area contributed by atoms with Crippen LogP contribution in [-0.4, -0.2) is 57.8 Å². The maximum absolute atomic E-state index is 13.2. The topological polar surface area (TPSA) is 70.1 Å². The zero-order valence-corrected chi connectivity index (χ0v) is 16.3. The zero-order chi connectivity index (χ0) is 19.3. The molecule has 1 heterocycles. The van der Waals surface area contributed by atoms with E-state index in [0.717, 1.165) is 25.9 Å². The van der Waals surface area contributed by atoms with Crippen LogP contribution in [0.2, 0.25) is 0 Å². The number of benzene rings is 2. The van der Waals surface area contributed by atoms with Crippen LogP contribution in [0.1, 0.15) is 12.8 Å². The standard InChI is InChI=1S/C20H26N2O4S/c1-26-19-11-9-17(10-12-19)22(16-18(23)15-21-13-5-6-14-21)27(24,25)20-7-3-2-4-8-20/h2-4,7-12,18,23H,5-6,13-16H2,1H3/t18-/m1/s1. The molecule has 0 spiro atoms. The van der Waals surface area contributed by atoms with Crippen LogP contribution in [0.5, 0.6) is 5.75 Å². The van der Waals surface area contributed by atoms with E-state index >= 15 is 0 Å². The highest BCUT2D eigenvalue weighted by molar-refractivity contribution is 7.92. The van der Waals surface area contributed by atoms with Gasteiger partial charge < -0.3 is 14.7 Å². The molecule has 7 heteroatoms. The molecule has 3 rings (SSSR count). The molecule has 1 atom stereocenters. The van der Waals surface area contributed by atoms with Crippen LogP contribution in [0, 0.1) is 0 Å². The third-order valence-corrected chi connectivity index (χ3v) is 6.54. The SMILES string of the molecule is COc1ccc(N(C[C@H](O)CN2CCCC2)S(=O)(=O)c2ccccc2)cc1. The highest BCUT2D eigenvalue weighted by Gasteiger charge is 2.28. The minimum Gasteiger partial charge on any atom is -0.497 e. The van der Waals surface area contributed by atoms with Crippen LogP contribution in [0.25, 0.3) is 0 Å². The quantitative estimate of drug-likeness (QED) is 0.749. The summed E-state index contributed by atoms with van der Waals surface area (Å²) in [5, 5.41) is 10.6. The summed E-state index contributed by atoms with van der Waals surface area (Å²) in [6.45, 7) is 2.37. The average Bonchev–Trinajstić information content (AvgIpc) is 3.20. The molecule has 1 N–H and O–H groups in total. The van der Waals surface area contributed by atoms with Gasteiger partial charge in [-0.1, -0.05) is 18.2 Å². The number of anilines is 1. The molecule has 2 aromatic carbocycles. The zero-order valence-electron chi connectivity index (χ0n) is 15.5. The highest BCUT2D eigenvalue weighted by atomic mass is 32.2. The van der Waals surface area contributed by atoms with E-state index in [1.54, 1.807) is 61.7 Å². The van der Waals surface area contributed by atoms with Gasteiger partial charge in [0.2, 0.25) is 0 Å². The van der Waals surface area contributed by atoms with Crippen molar-refractivity contribution in [2.24, 2.45) is 0 Å². The van der Waals surface area contributed by atoms with Crippen LogP contribution >= 0.6 is 0 Å². The lowest BCUT2D eigenvalue weighted by Crippen LogP contribution is -2.42. The van der Waals surface area contributed by atoms with E-state index in [0.29, 0.717) is 18.0 Å². The number of rotatable bonds is 8. The Hall–Kier alpha value is -2.09. The Bertz CT molecular complexity index is 819. The van der Waals surface area contributed by atoms with E-state index < -0.39 is 16.1 Å². The normalized spacial score (nSPS) is 16.2. The molecule has 0 amide bonds. The number of hydrogen-bond donors (Lipinski definition) is 1. The van der Waals surface area contributed by atoms with E-state index in [2.05, 4.69) is 4.90 Å². The lowest BCUT2D eigenvalue weighted by molar-refractivity contribution is 0.132. The number of ether oxygens (including phenoxy) is 1. The van der Waals surface area contributed by atoms with Gasteiger partial charge in [-0.2, -0.15) is 0 Å². The van der Waals surface area contributed by atoms with Gasteiger partial charge >= 0.3 is 0 Å². The maximum Gasteiger partial charge on any atom is 0.264 e. The number of nitrogens with zero attached hydrogens (tertiary/aromatic N) is 2. The monoisotopic (exact) mass is 390 g/mol. The van der Waals surface area contributed by atoms with Gasteiger partial charge in [0, 0.05) is 6.54 Å². The van der Waals surface area contributed by atoms with Crippen molar-refractivity contribution in [3.8, 4) is 5.75 Å². The maximum atomic E-state index is 13.2. The minimum atomic E-state index is -3.79. The second-order valence-corrected chi connectivity index (χ2v) is 8.57. The van der Waals surface area contributed by atoms with Gasteiger partial charge in [-0.05, 0) is 62.3 Å². The van der Waals surface area contributed by atoms with Gasteiger partial charge in [0.15, 0.2) is 0 Å². The number of likely N-dealkylation sites (tertiary alicyclic amines) is 1. The van der Waals surface area contributed by atoms with Crippen molar-refractivity contribution in [2.75, 3.05) is 37.6 Å². The van der Waals surface area contributed by atoms with E-state index in [-0.39, 0.29) is 11.4 Å². The molecule has 27 heavy (non-hydrogen) atoms. The predicted octanol–water partition coefficient (Wildman–Crippen LogP) is 2.35. The van der Waals surface area contributed by atoms with E-state index in [1.807, 2.05) is 0 Å². The van der Waals surface area contributed by atoms with E-state index in [9.17, 15) is 13.5 Å². The summed E-state index contributed by atoms with van der Waals surface area (Å²) in [4.78, 5) is 2.38. The molecular formula is C20H26N2O4S. The summed E-state index contributed by atoms with van der Waals surface area (Å²) in [6.07, 6.45) is 1.47. The first kappa shape index (κ1) is 19.7. The summed E-state index contributed by atoms with van der Waals surface area (Å²) < 4.78 is 32.9. The van der Waals surface area contributed by atoms with Gasteiger partial charge in [-0.3, -0.25) is 4.31 Å². The molecular weight excluding hydrogens is 364 g/mol. The second-order valence-electron chi connectivity index (χ2n) is 6.71. The molecule has 0 radical (unpaired) electrons. The number of aliphatic hydroxyl groups excluding tert-OH is 1. The summed E-state index contributed by atoms with van der Waals surface area (Å²) in [6, 6.07) is 15.1. The molecule has 146 valence electrons. The predicted molar refractivity (Wildman–Crippen MR) is 106 cm³/mol. The molecule has 6 nitrogen and oxygen atoms in total. The minimum absolute atomic E-state index is 0.0000560.